The van der Waals surface area contributed by atoms with Gasteiger partial charge in [-0.3, -0.25) is 9.48 Å². The highest BCUT2D eigenvalue weighted by atomic mass is 35.5. The molecule has 0 aliphatic carbocycles. The lowest BCUT2D eigenvalue weighted by molar-refractivity contribution is -0.522. The highest BCUT2D eigenvalue weighted by Gasteiger charge is 2.22. The summed E-state index contributed by atoms with van der Waals surface area (Å²) in [6, 6.07) is 0. The number of nitrogens with zero attached hydrogens (tertiary/aromatic N) is 2. The van der Waals surface area contributed by atoms with Crippen LogP contribution in [0.5, 0.6) is 0 Å². The van der Waals surface area contributed by atoms with Gasteiger partial charge in [0.15, 0.2) is 0 Å². The summed E-state index contributed by atoms with van der Waals surface area (Å²) in [6.07, 6.45) is 0.910. The van der Waals surface area contributed by atoms with Crippen LogP contribution in [-0.4, -0.2) is 76.2 Å². The predicted molar refractivity (Wildman–Crippen MR) is 61.1 cm³/mol. The van der Waals surface area contributed by atoms with Gasteiger partial charge in [-0.15, -0.1) is 23.2 Å². The van der Waals surface area contributed by atoms with Crippen LogP contribution in [0.3, 0.4) is 0 Å². The molecule has 88 valence electrons. The van der Waals surface area contributed by atoms with Crippen LogP contribution in [0.1, 0.15) is 0 Å². The van der Waals surface area contributed by atoms with Gasteiger partial charge in [-0.1, -0.05) is 0 Å². The Morgan fingerprint density at radius 3 is 2.53 bits per heavy atom. The molecule has 4 nitrogen and oxygen atoms in total. The Labute approximate surface area is 99.7 Å². The van der Waals surface area contributed by atoms with Crippen molar-refractivity contribution in [3.63, 3.8) is 0 Å². The van der Waals surface area contributed by atoms with E-state index in [0.29, 0.717) is 13.1 Å². The summed E-state index contributed by atoms with van der Waals surface area (Å²) in [5, 5.41) is 18.7. The fourth-order valence-corrected chi connectivity index (χ4v) is 1.71. The zero-order valence-corrected chi connectivity index (χ0v) is 10.0. The Kier molecular flexibility index (Phi) is 5.68. The number of rotatable bonds is 6. The van der Waals surface area contributed by atoms with E-state index >= 15 is 0 Å². The fraction of sp³-hybridized carbons (Fsp3) is 0.889. The summed E-state index contributed by atoms with van der Waals surface area (Å²) in [6.45, 7) is 2.78. The molecule has 2 N–H and O–H groups in total. The Bertz CT molecular complexity index is 226. The van der Waals surface area contributed by atoms with E-state index in [-0.39, 0.29) is 11.8 Å². The number of aliphatic hydroxyl groups is 2. The molecule has 0 amide bonds. The molecule has 0 radical (unpaired) electrons. The third kappa shape index (κ3) is 4.55. The van der Waals surface area contributed by atoms with E-state index in [1.54, 1.807) is 0 Å². The summed E-state index contributed by atoms with van der Waals surface area (Å²) in [5.41, 5.74) is 0. The maximum Gasteiger partial charge on any atom is 0.234 e. The van der Waals surface area contributed by atoms with Gasteiger partial charge in [0.1, 0.15) is 38.4 Å². The lowest BCUT2D eigenvalue weighted by Crippen LogP contribution is -2.31. The highest BCUT2D eigenvalue weighted by molar-refractivity contribution is 6.18. The van der Waals surface area contributed by atoms with Crippen molar-refractivity contribution in [2.75, 3.05) is 37.9 Å². The average molecular weight is 256 g/mol. The van der Waals surface area contributed by atoms with Gasteiger partial charge in [-0.2, -0.15) is 0 Å². The zero-order valence-electron chi connectivity index (χ0n) is 8.52. The Morgan fingerprint density at radius 1 is 1.27 bits per heavy atom. The van der Waals surface area contributed by atoms with Gasteiger partial charge in [0.2, 0.25) is 6.34 Å². The summed E-state index contributed by atoms with van der Waals surface area (Å²) in [4.78, 5) is 1.99. The Morgan fingerprint density at radius 2 is 1.93 bits per heavy atom. The van der Waals surface area contributed by atoms with Crippen molar-refractivity contribution >= 4 is 29.5 Å². The Balaban J connectivity index is 2.34. The molecule has 0 bridgehead atoms. The molecule has 0 aromatic heterocycles. The molecular weight excluding hydrogens is 239 g/mol. The second-order valence-corrected chi connectivity index (χ2v) is 4.34. The highest BCUT2D eigenvalue weighted by Crippen LogP contribution is 1.99. The quantitative estimate of drug-likeness (QED) is 0.499. The van der Waals surface area contributed by atoms with Crippen molar-refractivity contribution in [2.24, 2.45) is 0 Å². The fourth-order valence-electron chi connectivity index (χ4n) is 1.52. The van der Waals surface area contributed by atoms with Crippen molar-refractivity contribution in [2.45, 2.75) is 12.2 Å². The van der Waals surface area contributed by atoms with Crippen molar-refractivity contribution in [3.8, 4) is 0 Å². The topological polar surface area (TPSA) is 46.7 Å². The lowest BCUT2D eigenvalue weighted by atomic mass is 10.4. The molecule has 0 aromatic rings. The van der Waals surface area contributed by atoms with Crippen LogP contribution >= 0.6 is 23.2 Å². The molecule has 0 saturated carbocycles. The minimum absolute atomic E-state index is 0.245. The third-order valence-corrected chi connectivity index (χ3v) is 2.96. The number of hydrogen-bond donors (Lipinski definition) is 2. The normalized spacial score (nSPS) is 20.3. The minimum Gasteiger partial charge on any atom is -0.388 e. The van der Waals surface area contributed by atoms with Gasteiger partial charge >= 0.3 is 0 Å². The van der Waals surface area contributed by atoms with Gasteiger partial charge in [-0.25, -0.2) is 0 Å². The number of alkyl halides is 2. The van der Waals surface area contributed by atoms with Crippen LogP contribution in [0.15, 0.2) is 0 Å². The lowest BCUT2D eigenvalue weighted by Gasteiger charge is -2.09. The molecule has 0 aromatic carbocycles. The van der Waals surface area contributed by atoms with E-state index in [9.17, 15) is 10.2 Å². The molecule has 6 heteroatoms. The number of hydrogen-bond acceptors (Lipinski definition) is 3. The first-order chi connectivity index (χ1) is 7.15. The second-order valence-electron chi connectivity index (χ2n) is 3.72. The average Bonchev–Trinajstić information content (AvgIpc) is 2.65. The number of halogens is 2. The maximum absolute atomic E-state index is 9.35. The largest absolute Gasteiger partial charge is 0.388 e. The van der Waals surface area contributed by atoms with E-state index in [1.165, 1.54) is 0 Å². The van der Waals surface area contributed by atoms with Gasteiger partial charge in [-0.05, 0) is 0 Å². The summed E-state index contributed by atoms with van der Waals surface area (Å²) in [7, 11) is 0. The van der Waals surface area contributed by atoms with E-state index in [2.05, 4.69) is 0 Å². The first-order valence-corrected chi connectivity index (χ1v) is 6.03. The van der Waals surface area contributed by atoms with Crippen molar-refractivity contribution in [3.05, 3.63) is 0 Å². The first kappa shape index (κ1) is 13.0. The first-order valence-electron chi connectivity index (χ1n) is 4.97. The van der Waals surface area contributed by atoms with Crippen molar-refractivity contribution in [1.29, 1.82) is 0 Å². The molecule has 1 heterocycles. The van der Waals surface area contributed by atoms with Gasteiger partial charge in [0, 0.05) is 0 Å². The zero-order chi connectivity index (χ0) is 11.3. The molecular formula is C9H17Cl2N2O2+. The molecule has 0 spiro atoms. The van der Waals surface area contributed by atoms with E-state index in [1.807, 2.05) is 15.8 Å². The third-order valence-electron chi connectivity index (χ3n) is 2.25. The molecule has 15 heavy (non-hydrogen) atoms. The van der Waals surface area contributed by atoms with Crippen molar-refractivity contribution in [1.82, 2.24) is 4.90 Å². The molecule has 1 rings (SSSR count). The van der Waals surface area contributed by atoms with Crippen LogP contribution in [0.4, 0.5) is 0 Å². The summed E-state index contributed by atoms with van der Waals surface area (Å²) in [5.74, 6) is 0.489. The van der Waals surface area contributed by atoms with Crippen LogP contribution in [-0.2, 0) is 0 Å². The maximum atomic E-state index is 9.35. The SMILES string of the molecule is OC(CCl)CN1C=[N+](CC(O)CCl)CC1. The minimum atomic E-state index is -0.499. The molecule has 0 saturated heterocycles. The smallest absolute Gasteiger partial charge is 0.234 e. The number of aliphatic hydroxyl groups excluding tert-OH is 2. The molecule has 2 unspecified atom stereocenters. The van der Waals surface area contributed by atoms with E-state index < -0.39 is 12.2 Å². The Hall–Kier alpha value is -0.0300. The van der Waals surface area contributed by atoms with Crippen LogP contribution in [0.25, 0.3) is 0 Å². The molecule has 1 aliphatic rings. The van der Waals surface area contributed by atoms with E-state index in [0.717, 1.165) is 13.1 Å². The molecule has 1 aliphatic heterocycles. The summed E-state index contributed by atoms with van der Waals surface area (Å²) < 4.78 is 1.99. The molecule has 0 fully saturated rings. The molecule has 2 atom stereocenters. The van der Waals surface area contributed by atoms with Crippen LogP contribution in [0.2, 0.25) is 0 Å². The van der Waals surface area contributed by atoms with Gasteiger partial charge in [0.05, 0.1) is 11.8 Å². The second kappa shape index (κ2) is 6.53. The van der Waals surface area contributed by atoms with Gasteiger partial charge < -0.3 is 10.2 Å². The summed E-state index contributed by atoms with van der Waals surface area (Å²) >= 11 is 11.0. The van der Waals surface area contributed by atoms with Crippen LogP contribution < -0.4 is 0 Å². The standard InChI is InChI=1S/C9H17Cl2N2O2/c10-3-8(14)5-12-1-2-13(7-12)6-9(15)4-11/h7-9,14-15H,1-6H2/q+1. The van der Waals surface area contributed by atoms with Crippen molar-refractivity contribution < 1.29 is 14.8 Å². The van der Waals surface area contributed by atoms with Crippen LogP contribution in [0, 0.1) is 0 Å². The number of β-amino-alcohol motifs (C(OH)–C–C–N with tert-alkyl or cyclic N) is 2. The predicted octanol–water partition coefficient (Wildman–Crippen LogP) is -0.458. The van der Waals surface area contributed by atoms with Gasteiger partial charge in [0.25, 0.3) is 0 Å². The van der Waals surface area contributed by atoms with E-state index in [4.69, 9.17) is 23.2 Å². The monoisotopic (exact) mass is 255 g/mol.